The minimum atomic E-state index is -3.18. The molecule has 0 bridgehead atoms. The lowest BCUT2D eigenvalue weighted by molar-refractivity contribution is -0.140. The number of likely N-dealkylation sites (tertiary alicyclic amines) is 1. The molecule has 1 aromatic rings. The zero-order valence-corrected chi connectivity index (χ0v) is 14.9. The van der Waals surface area contributed by atoms with Gasteiger partial charge in [0.1, 0.15) is 5.82 Å². The molecule has 3 heterocycles. The van der Waals surface area contributed by atoms with Gasteiger partial charge in [0.05, 0.1) is 12.2 Å². The Morgan fingerprint density at radius 3 is 2.75 bits per heavy atom. The standard InChI is InChI=1S/C16H24N4O3S/c1-17-15-8-12(5-6-18-15)13-4-3-7-19(9-13)16(21)14-10-20(11-14)24(2,22)23/h5-6,8,13-14H,3-4,7,9-11H2,1-2H3,(H,17,18)/t13-/m0/s1. The molecule has 0 saturated carbocycles. The number of piperidine rings is 1. The number of sulfonamides is 1. The molecule has 0 aliphatic carbocycles. The van der Waals surface area contributed by atoms with E-state index in [1.54, 1.807) is 6.20 Å². The molecular weight excluding hydrogens is 328 g/mol. The summed E-state index contributed by atoms with van der Waals surface area (Å²) in [5.74, 6) is 1.04. The fourth-order valence-electron chi connectivity index (χ4n) is 3.41. The molecule has 0 unspecified atom stereocenters. The minimum absolute atomic E-state index is 0.0856. The zero-order valence-electron chi connectivity index (χ0n) is 14.1. The third kappa shape index (κ3) is 3.54. The molecule has 1 amide bonds. The zero-order chi connectivity index (χ0) is 17.3. The van der Waals surface area contributed by atoms with Crippen LogP contribution in [-0.2, 0) is 14.8 Å². The Morgan fingerprint density at radius 2 is 2.08 bits per heavy atom. The predicted octanol–water partition coefficient (Wildman–Crippen LogP) is 0.721. The first-order valence-electron chi connectivity index (χ1n) is 8.26. The molecule has 1 N–H and O–H groups in total. The average molecular weight is 352 g/mol. The second-order valence-electron chi connectivity index (χ2n) is 6.62. The Bertz CT molecular complexity index is 716. The van der Waals surface area contributed by atoms with E-state index in [0.29, 0.717) is 25.6 Å². The van der Waals surface area contributed by atoms with Crippen molar-refractivity contribution in [1.82, 2.24) is 14.2 Å². The van der Waals surface area contributed by atoms with E-state index in [-0.39, 0.29) is 11.8 Å². The first-order chi connectivity index (χ1) is 11.4. The van der Waals surface area contributed by atoms with Crippen molar-refractivity contribution in [3.63, 3.8) is 0 Å². The number of pyridine rings is 1. The van der Waals surface area contributed by atoms with Gasteiger partial charge in [0, 0.05) is 45.3 Å². The van der Waals surface area contributed by atoms with E-state index in [9.17, 15) is 13.2 Å². The largest absolute Gasteiger partial charge is 0.373 e. The Hall–Kier alpha value is -1.67. The summed E-state index contributed by atoms with van der Waals surface area (Å²) in [6, 6.07) is 4.04. The Balaban J connectivity index is 1.62. The van der Waals surface area contributed by atoms with Gasteiger partial charge in [0.2, 0.25) is 15.9 Å². The number of nitrogens with one attached hydrogen (secondary N) is 1. The molecule has 132 valence electrons. The lowest BCUT2D eigenvalue weighted by Crippen LogP contribution is -2.57. The van der Waals surface area contributed by atoms with Crippen molar-refractivity contribution in [2.75, 3.05) is 44.8 Å². The molecule has 2 aliphatic heterocycles. The Kier molecular flexibility index (Phi) is 4.78. The maximum absolute atomic E-state index is 12.6. The number of hydrogen-bond acceptors (Lipinski definition) is 5. The lowest BCUT2D eigenvalue weighted by Gasteiger charge is -2.41. The molecule has 2 saturated heterocycles. The highest BCUT2D eigenvalue weighted by Gasteiger charge is 2.40. The van der Waals surface area contributed by atoms with Gasteiger partial charge in [-0.1, -0.05) is 0 Å². The fourth-order valence-corrected chi connectivity index (χ4v) is 4.31. The van der Waals surface area contributed by atoms with E-state index >= 15 is 0 Å². The summed E-state index contributed by atoms with van der Waals surface area (Å²) in [6.07, 6.45) is 5.00. The van der Waals surface area contributed by atoms with Crippen LogP contribution in [0.25, 0.3) is 0 Å². The van der Waals surface area contributed by atoms with Crippen molar-refractivity contribution in [3.8, 4) is 0 Å². The van der Waals surface area contributed by atoms with Gasteiger partial charge in [-0.2, -0.15) is 0 Å². The molecule has 2 aliphatic rings. The summed E-state index contributed by atoms with van der Waals surface area (Å²) in [5, 5.41) is 3.04. The molecule has 3 rings (SSSR count). The molecule has 24 heavy (non-hydrogen) atoms. The number of rotatable bonds is 4. The van der Waals surface area contributed by atoms with Gasteiger partial charge < -0.3 is 10.2 Å². The van der Waals surface area contributed by atoms with Gasteiger partial charge >= 0.3 is 0 Å². The fraction of sp³-hybridized carbons (Fsp3) is 0.625. The molecule has 0 spiro atoms. The van der Waals surface area contributed by atoms with E-state index in [2.05, 4.69) is 10.3 Å². The molecule has 0 aromatic carbocycles. The van der Waals surface area contributed by atoms with Crippen molar-refractivity contribution in [2.45, 2.75) is 18.8 Å². The molecule has 1 atom stereocenters. The number of carbonyl (C=O) groups excluding carboxylic acids is 1. The van der Waals surface area contributed by atoms with Crippen LogP contribution in [0.15, 0.2) is 18.3 Å². The SMILES string of the molecule is CNc1cc([C@H]2CCCN(C(=O)C3CN(S(C)(=O)=O)C3)C2)ccn1. The highest BCUT2D eigenvalue weighted by molar-refractivity contribution is 7.88. The monoisotopic (exact) mass is 352 g/mol. The normalized spacial score (nSPS) is 22.9. The number of aromatic nitrogens is 1. The van der Waals surface area contributed by atoms with Crippen LogP contribution in [0.3, 0.4) is 0 Å². The quantitative estimate of drug-likeness (QED) is 0.863. The Morgan fingerprint density at radius 1 is 1.33 bits per heavy atom. The average Bonchev–Trinajstić information content (AvgIpc) is 2.52. The van der Waals surface area contributed by atoms with E-state index in [1.165, 1.54) is 16.1 Å². The number of hydrogen-bond donors (Lipinski definition) is 1. The second-order valence-corrected chi connectivity index (χ2v) is 8.61. The van der Waals surface area contributed by atoms with Crippen molar-refractivity contribution < 1.29 is 13.2 Å². The topological polar surface area (TPSA) is 82.6 Å². The van der Waals surface area contributed by atoms with Crippen LogP contribution in [-0.4, -0.2) is 68.0 Å². The van der Waals surface area contributed by atoms with Crippen molar-refractivity contribution in [1.29, 1.82) is 0 Å². The summed E-state index contributed by atoms with van der Waals surface area (Å²) in [6.45, 7) is 2.09. The Labute approximate surface area is 143 Å². The van der Waals surface area contributed by atoms with E-state index in [1.807, 2.05) is 24.1 Å². The van der Waals surface area contributed by atoms with Crippen LogP contribution >= 0.6 is 0 Å². The van der Waals surface area contributed by atoms with Crippen molar-refractivity contribution in [3.05, 3.63) is 23.9 Å². The molecule has 0 radical (unpaired) electrons. The summed E-state index contributed by atoms with van der Waals surface area (Å²) in [5.41, 5.74) is 1.19. The summed E-state index contributed by atoms with van der Waals surface area (Å²) in [7, 11) is -1.34. The first-order valence-corrected chi connectivity index (χ1v) is 10.1. The molecule has 7 nitrogen and oxygen atoms in total. The van der Waals surface area contributed by atoms with Crippen LogP contribution < -0.4 is 5.32 Å². The lowest BCUT2D eigenvalue weighted by atomic mass is 9.90. The minimum Gasteiger partial charge on any atom is -0.373 e. The number of nitrogens with zero attached hydrogens (tertiary/aromatic N) is 3. The maximum atomic E-state index is 12.6. The van der Waals surface area contributed by atoms with E-state index < -0.39 is 10.0 Å². The van der Waals surface area contributed by atoms with Crippen LogP contribution in [0.2, 0.25) is 0 Å². The van der Waals surface area contributed by atoms with Gasteiger partial charge in [0.15, 0.2) is 0 Å². The van der Waals surface area contributed by atoms with E-state index in [4.69, 9.17) is 0 Å². The van der Waals surface area contributed by atoms with Crippen LogP contribution in [0, 0.1) is 5.92 Å². The van der Waals surface area contributed by atoms with Gasteiger partial charge in [0.25, 0.3) is 0 Å². The van der Waals surface area contributed by atoms with Crippen LogP contribution in [0.1, 0.15) is 24.3 Å². The molecule has 8 heteroatoms. The molecular formula is C16H24N4O3S. The number of amides is 1. The van der Waals surface area contributed by atoms with Crippen molar-refractivity contribution >= 4 is 21.7 Å². The molecule has 2 fully saturated rings. The first kappa shape index (κ1) is 17.2. The smallest absolute Gasteiger partial charge is 0.228 e. The summed E-state index contributed by atoms with van der Waals surface area (Å²) in [4.78, 5) is 18.8. The highest BCUT2D eigenvalue weighted by Crippen LogP contribution is 2.30. The highest BCUT2D eigenvalue weighted by atomic mass is 32.2. The predicted molar refractivity (Wildman–Crippen MR) is 92.2 cm³/mol. The van der Waals surface area contributed by atoms with Gasteiger partial charge in [-0.15, -0.1) is 0 Å². The van der Waals surface area contributed by atoms with E-state index in [0.717, 1.165) is 25.2 Å². The summed E-state index contributed by atoms with van der Waals surface area (Å²) >= 11 is 0. The second kappa shape index (κ2) is 6.68. The third-order valence-electron chi connectivity index (χ3n) is 4.91. The maximum Gasteiger partial charge on any atom is 0.228 e. The number of carbonyl (C=O) groups is 1. The van der Waals surface area contributed by atoms with Crippen LogP contribution in [0.5, 0.6) is 0 Å². The number of anilines is 1. The van der Waals surface area contributed by atoms with Crippen molar-refractivity contribution in [2.24, 2.45) is 5.92 Å². The van der Waals surface area contributed by atoms with Gasteiger partial charge in [-0.25, -0.2) is 17.7 Å². The summed E-state index contributed by atoms with van der Waals surface area (Å²) < 4.78 is 24.2. The van der Waals surface area contributed by atoms with Crippen LogP contribution in [0.4, 0.5) is 5.82 Å². The van der Waals surface area contributed by atoms with Gasteiger partial charge in [-0.3, -0.25) is 4.79 Å². The van der Waals surface area contributed by atoms with Gasteiger partial charge in [-0.05, 0) is 30.5 Å². The third-order valence-corrected chi connectivity index (χ3v) is 6.15. The molecule has 1 aromatic heterocycles.